The normalized spacial score (nSPS) is 40.7. The first-order valence-electron chi connectivity index (χ1n) is 5.60. The minimum atomic E-state index is -5.28. The molecule has 5 atom stereocenters. The molecule has 0 aromatic rings. The molecular weight excluding hydrogens is 386 g/mol. The number of halogens is 4. The Hall–Kier alpha value is -0.170. The second-order valence-corrected chi connectivity index (χ2v) is 5.64. The van der Waals surface area contributed by atoms with Gasteiger partial charge in [-0.25, -0.2) is 0 Å². The van der Waals surface area contributed by atoms with Crippen LogP contribution in [0.4, 0.5) is 13.2 Å². The number of ether oxygens (including phenoxy) is 1. The van der Waals surface area contributed by atoms with E-state index in [2.05, 4.69) is 0 Å². The fourth-order valence-electron chi connectivity index (χ4n) is 1.67. The van der Waals surface area contributed by atoms with Crippen LogP contribution >= 0.6 is 22.6 Å². The summed E-state index contributed by atoms with van der Waals surface area (Å²) in [4.78, 5) is 11.1. The van der Waals surface area contributed by atoms with Crippen molar-refractivity contribution in [1.82, 2.24) is 5.31 Å². The molecule has 0 aromatic heterocycles. The molecule has 1 aliphatic heterocycles. The highest BCUT2D eigenvalue weighted by Crippen LogP contribution is 2.32. The minimum absolute atomic E-state index is 0.450. The number of carbonyl (C=O) groups excluding carboxylic acids is 1. The number of nitrogens with one attached hydrogen (secondary N) is 1. The van der Waals surface area contributed by atoms with Gasteiger partial charge in [0.1, 0.15) is 6.10 Å². The maximum absolute atomic E-state index is 12.3. The van der Waals surface area contributed by atoms with Gasteiger partial charge in [-0.3, -0.25) is 4.79 Å². The quantitative estimate of drug-likeness (QED) is 0.363. The molecular formula is C9H13F3INO5. The summed E-state index contributed by atoms with van der Waals surface area (Å²) in [5, 5.41) is 28.3. The maximum Gasteiger partial charge on any atom is 0.471 e. The van der Waals surface area contributed by atoms with Gasteiger partial charge in [0.2, 0.25) is 0 Å². The fraction of sp³-hybridized carbons (Fsp3) is 0.889. The third-order valence-electron chi connectivity index (χ3n) is 2.63. The number of hydrogen-bond donors (Lipinski definition) is 4. The molecule has 1 aliphatic rings. The van der Waals surface area contributed by atoms with Crippen LogP contribution in [0.25, 0.3) is 0 Å². The van der Waals surface area contributed by atoms with E-state index < -0.39 is 52.0 Å². The van der Waals surface area contributed by atoms with E-state index in [-0.39, 0.29) is 0 Å². The van der Waals surface area contributed by atoms with E-state index in [1.165, 1.54) is 22.6 Å². The lowest BCUT2D eigenvalue weighted by atomic mass is 9.94. The van der Waals surface area contributed by atoms with Gasteiger partial charge >= 0.3 is 12.1 Å². The molecule has 1 amide bonds. The molecule has 0 bridgehead atoms. The predicted molar refractivity (Wildman–Crippen MR) is 64.4 cm³/mol. The first-order valence-corrected chi connectivity index (χ1v) is 6.40. The molecule has 112 valence electrons. The van der Waals surface area contributed by atoms with Crippen LogP contribution in [0.5, 0.6) is 0 Å². The van der Waals surface area contributed by atoms with Crippen molar-refractivity contribution in [2.75, 3.05) is 6.61 Å². The van der Waals surface area contributed by atoms with Crippen molar-refractivity contribution in [2.24, 2.45) is 0 Å². The first kappa shape index (κ1) is 15.2. The Bertz CT molecular complexity index is 383. The predicted octanol–water partition coefficient (Wildman–Crippen LogP) is -0.702. The van der Waals surface area contributed by atoms with Crippen LogP contribution in [0.2, 0.25) is 1.41 Å². The lowest BCUT2D eigenvalue weighted by Gasteiger charge is -2.46. The zero-order valence-electron chi connectivity index (χ0n) is 10.6. The summed E-state index contributed by atoms with van der Waals surface area (Å²) in [6, 6.07) is -1.75. The second kappa shape index (κ2) is 5.68. The summed E-state index contributed by atoms with van der Waals surface area (Å²) in [6.45, 7) is 0.290. The van der Waals surface area contributed by atoms with Crippen LogP contribution in [-0.2, 0) is 9.53 Å². The summed E-state index contributed by atoms with van der Waals surface area (Å²) in [5.41, 5.74) is 0. The van der Waals surface area contributed by atoms with Crippen molar-refractivity contribution in [3.8, 4) is 0 Å². The lowest BCUT2D eigenvalue weighted by Crippen LogP contribution is -2.68. The summed E-state index contributed by atoms with van der Waals surface area (Å²) >= 11 is 1.50. The summed E-state index contributed by atoms with van der Waals surface area (Å²) in [6.07, 6.45) is -7.95. The van der Waals surface area contributed by atoms with Gasteiger partial charge in [-0.2, -0.15) is 13.2 Å². The van der Waals surface area contributed by atoms with Crippen LogP contribution in [0.3, 0.4) is 0 Å². The lowest BCUT2D eigenvalue weighted by molar-refractivity contribution is -0.282. The van der Waals surface area contributed by atoms with Crippen molar-refractivity contribution < 1.29 is 39.4 Å². The van der Waals surface area contributed by atoms with E-state index in [9.17, 15) is 28.2 Å². The Morgan fingerprint density at radius 2 is 2.16 bits per heavy atom. The zero-order chi connectivity index (χ0) is 15.9. The third kappa shape index (κ3) is 3.68. The van der Waals surface area contributed by atoms with E-state index in [4.69, 9.17) is 11.3 Å². The maximum atomic E-state index is 12.3. The molecule has 0 aromatic carbocycles. The number of rotatable bonds is 2. The number of alkyl halides is 4. The first-order chi connectivity index (χ1) is 8.93. The van der Waals surface area contributed by atoms with Gasteiger partial charge < -0.3 is 25.4 Å². The highest BCUT2D eigenvalue weighted by atomic mass is 127. The molecule has 6 nitrogen and oxygen atoms in total. The molecule has 0 spiro atoms. The number of amides is 1. The van der Waals surface area contributed by atoms with Gasteiger partial charge in [-0.1, -0.05) is 22.6 Å². The van der Waals surface area contributed by atoms with Crippen LogP contribution in [0, 0.1) is 0 Å². The van der Waals surface area contributed by atoms with Crippen molar-refractivity contribution in [3.63, 3.8) is 0 Å². The monoisotopic (exact) mass is 400 g/mol. The molecule has 1 fully saturated rings. The third-order valence-corrected chi connectivity index (χ3v) is 4.04. The smallest absolute Gasteiger partial charge is 0.394 e. The van der Waals surface area contributed by atoms with Gasteiger partial charge in [0, 0.05) is 0 Å². The average molecular weight is 400 g/mol. The highest BCUT2D eigenvalue weighted by molar-refractivity contribution is 14.1. The van der Waals surface area contributed by atoms with Gasteiger partial charge in [0.05, 0.1) is 22.7 Å². The number of aliphatic hydroxyl groups is 3. The van der Waals surface area contributed by atoms with Crippen molar-refractivity contribution >= 4 is 28.5 Å². The highest BCUT2D eigenvalue weighted by Gasteiger charge is 2.53. The molecule has 4 N–H and O–H groups in total. The Balaban J connectivity index is 3.06. The van der Waals surface area contributed by atoms with E-state index in [1.807, 2.05) is 0 Å². The van der Waals surface area contributed by atoms with Crippen molar-refractivity contribution in [3.05, 3.63) is 0 Å². The van der Waals surface area contributed by atoms with Gasteiger partial charge in [-0.15, -0.1) is 0 Å². The molecule has 0 radical (unpaired) electrons. The van der Waals surface area contributed by atoms with Crippen molar-refractivity contribution in [1.29, 1.82) is 0 Å². The molecule has 1 rings (SSSR count). The second-order valence-electron chi connectivity index (χ2n) is 4.21. The molecule has 19 heavy (non-hydrogen) atoms. The molecule has 0 aliphatic carbocycles. The van der Waals surface area contributed by atoms with Crippen LogP contribution < -0.4 is 5.31 Å². The zero-order valence-corrected chi connectivity index (χ0v) is 11.8. The van der Waals surface area contributed by atoms with Crippen LogP contribution in [-0.4, -0.2) is 62.0 Å². The summed E-state index contributed by atoms with van der Waals surface area (Å²) < 4.78 is 48.0. The Labute approximate surface area is 121 Å². The van der Waals surface area contributed by atoms with Gasteiger partial charge in [-0.05, 0) is 6.92 Å². The van der Waals surface area contributed by atoms with E-state index in [0.29, 0.717) is 0 Å². The largest absolute Gasteiger partial charge is 0.471 e. The van der Waals surface area contributed by atoms with E-state index >= 15 is 0 Å². The molecule has 1 saturated heterocycles. The summed E-state index contributed by atoms with van der Waals surface area (Å²) in [7, 11) is 0. The minimum Gasteiger partial charge on any atom is -0.394 e. The average Bonchev–Trinajstić information content (AvgIpc) is 2.31. The Morgan fingerprint density at radius 1 is 1.63 bits per heavy atom. The molecule has 1 unspecified atom stereocenters. The number of carbonyl (C=O) groups is 1. The fourth-order valence-corrected chi connectivity index (χ4v) is 2.96. The van der Waals surface area contributed by atoms with E-state index in [1.54, 1.807) is 0 Å². The Kier molecular flexibility index (Phi) is 4.55. The van der Waals surface area contributed by atoms with Gasteiger partial charge in [0.15, 0.2) is 7.20 Å². The topological polar surface area (TPSA) is 99.0 Å². The SMILES string of the molecule is [2H]N(C(=O)C(F)(F)F)[C@H]1[C@@H](I)[C@H](O)[C@@H](CO)OC1(C)O. The standard InChI is InChI=1S/C9H13F3INO5/c1-8(18)6(14-7(17)9(10,11)12)4(13)5(16)3(2-15)19-8/h3-6,15-16,18H,2H2,1H3,(H,14,17)/t3-,4+,5-,6+,8?/m1/s1/i/hD. The van der Waals surface area contributed by atoms with Crippen molar-refractivity contribution in [2.45, 2.75) is 41.1 Å². The van der Waals surface area contributed by atoms with Crippen LogP contribution in [0.1, 0.15) is 6.92 Å². The number of aliphatic hydroxyl groups excluding tert-OH is 2. The Morgan fingerprint density at radius 3 is 2.58 bits per heavy atom. The molecule has 10 heteroatoms. The van der Waals surface area contributed by atoms with Crippen LogP contribution in [0.15, 0.2) is 0 Å². The summed E-state index contributed by atoms with van der Waals surface area (Å²) in [5.74, 6) is -4.80. The molecule has 1 heterocycles. The van der Waals surface area contributed by atoms with Gasteiger partial charge in [0.25, 0.3) is 0 Å². The van der Waals surface area contributed by atoms with E-state index in [0.717, 1.165) is 6.92 Å². The number of hydrogen-bond acceptors (Lipinski definition) is 5. The molecule has 0 saturated carbocycles.